The van der Waals surface area contributed by atoms with E-state index in [4.69, 9.17) is 0 Å². The number of rotatable bonds is 4. The summed E-state index contributed by atoms with van der Waals surface area (Å²) in [5, 5.41) is 32.9. The number of benzene rings is 4. The van der Waals surface area contributed by atoms with Gasteiger partial charge < -0.3 is 10.2 Å². The minimum atomic E-state index is -0.0336. The maximum Gasteiger partial charge on any atom is 0.133 e. The van der Waals surface area contributed by atoms with E-state index in [1.807, 2.05) is 30.3 Å². The molecule has 7 heteroatoms. The first-order chi connectivity index (χ1) is 13.2. The van der Waals surface area contributed by atoms with Gasteiger partial charge in [-0.3, -0.25) is 0 Å². The first-order valence-electron chi connectivity index (χ1n) is 8.06. The second-order valence-corrected chi connectivity index (χ2v) is 6.88. The lowest BCUT2D eigenvalue weighted by molar-refractivity contribution is 0.478. The molecule has 4 aromatic carbocycles. The maximum absolute atomic E-state index is 10.9. The van der Waals surface area contributed by atoms with Crippen molar-refractivity contribution >= 4 is 39.0 Å². The van der Waals surface area contributed by atoms with Gasteiger partial charge in [-0.05, 0) is 29.5 Å². The predicted octanol–water partition coefficient (Wildman–Crippen LogP) is 6.32. The van der Waals surface area contributed by atoms with Crippen LogP contribution in [-0.4, -0.2) is 10.2 Å². The summed E-state index contributed by atoms with van der Waals surface area (Å²) in [6.07, 6.45) is 0. The van der Waals surface area contributed by atoms with E-state index in [1.54, 1.807) is 36.4 Å². The van der Waals surface area contributed by atoms with Crippen molar-refractivity contribution in [1.82, 2.24) is 0 Å². The molecule has 0 saturated heterocycles. The molecular weight excluding hydrogens is 362 g/mol. The van der Waals surface area contributed by atoms with Crippen LogP contribution in [-0.2, 0) is 0 Å². The quantitative estimate of drug-likeness (QED) is 0.143. The third-order valence-electron chi connectivity index (χ3n) is 4.22. The van der Waals surface area contributed by atoms with E-state index < -0.39 is 0 Å². The second-order valence-electron chi connectivity index (χ2n) is 5.76. The number of fused-ring (bicyclic) bond motifs is 2. The Morgan fingerprint density at radius 1 is 0.741 bits per heavy atom. The van der Waals surface area contributed by atoms with Crippen molar-refractivity contribution in [2.45, 2.75) is 9.79 Å². The van der Waals surface area contributed by atoms with Gasteiger partial charge in [0.1, 0.15) is 22.5 Å². The van der Waals surface area contributed by atoms with E-state index in [-0.39, 0.29) is 17.2 Å². The third-order valence-corrected chi connectivity index (χ3v) is 5.28. The fourth-order valence-corrected chi connectivity index (χ4v) is 3.97. The molecule has 0 unspecified atom stereocenters. The Morgan fingerprint density at radius 3 is 2.11 bits per heavy atom. The molecule has 27 heavy (non-hydrogen) atoms. The summed E-state index contributed by atoms with van der Waals surface area (Å²) in [6.45, 7) is 0. The predicted molar refractivity (Wildman–Crippen MR) is 106 cm³/mol. The number of nitroso groups, excluding NO2 is 1. The fourth-order valence-electron chi connectivity index (χ4n) is 3.05. The first kappa shape index (κ1) is 17.0. The van der Waals surface area contributed by atoms with Gasteiger partial charge in [0, 0.05) is 25.9 Å². The topological polar surface area (TPSA) is 94.6 Å². The lowest BCUT2D eigenvalue weighted by Crippen LogP contribution is -1.84. The van der Waals surface area contributed by atoms with Crippen molar-refractivity contribution < 1.29 is 10.2 Å². The van der Waals surface area contributed by atoms with E-state index in [2.05, 4.69) is 15.6 Å². The second kappa shape index (κ2) is 7.05. The van der Waals surface area contributed by atoms with Crippen LogP contribution in [0.1, 0.15) is 0 Å². The van der Waals surface area contributed by atoms with Gasteiger partial charge in [-0.1, -0.05) is 54.2 Å². The highest BCUT2D eigenvalue weighted by Gasteiger charge is 2.19. The highest BCUT2D eigenvalue weighted by molar-refractivity contribution is 7.99. The van der Waals surface area contributed by atoms with Crippen LogP contribution in [0.3, 0.4) is 0 Å². The van der Waals surface area contributed by atoms with Crippen LogP contribution in [0.2, 0.25) is 0 Å². The zero-order valence-corrected chi connectivity index (χ0v) is 14.7. The van der Waals surface area contributed by atoms with Crippen molar-refractivity contribution in [2.75, 3.05) is 0 Å². The van der Waals surface area contributed by atoms with E-state index >= 15 is 0 Å². The molecule has 4 rings (SSSR count). The Morgan fingerprint density at radius 2 is 1.41 bits per heavy atom. The number of aromatic hydroxyl groups is 2. The molecule has 0 atom stereocenters. The number of phenolic OH excluding ortho intramolecular Hbond substituents is 2. The molecular formula is C20H13N3O3S. The Bertz CT molecular complexity index is 1190. The molecule has 0 bridgehead atoms. The maximum atomic E-state index is 10.9. The van der Waals surface area contributed by atoms with Gasteiger partial charge in [-0.15, -0.1) is 10.0 Å². The molecule has 0 radical (unpaired) electrons. The number of nitrogens with zero attached hydrogens (tertiary/aromatic N) is 3. The van der Waals surface area contributed by atoms with Crippen LogP contribution in [0.5, 0.6) is 11.5 Å². The zero-order valence-electron chi connectivity index (χ0n) is 13.9. The standard InChI is InChI=1S/C20H13N3O3S/c24-19-13-8-4-5-9-14(13)20(25)17-15(19)10-11-16(18(17)21-22-23-26)27-12-6-2-1-3-7-12/h1-11,24-25H. The molecule has 0 heterocycles. The van der Waals surface area contributed by atoms with Crippen molar-refractivity contribution in [1.29, 1.82) is 0 Å². The summed E-state index contributed by atoms with van der Waals surface area (Å²) >= 11 is 1.41. The summed E-state index contributed by atoms with van der Waals surface area (Å²) in [6, 6.07) is 20.1. The molecule has 0 saturated carbocycles. The lowest BCUT2D eigenvalue weighted by Gasteiger charge is -2.13. The third kappa shape index (κ3) is 2.98. The summed E-state index contributed by atoms with van der Waals surface area (Å²) in [4.78, 5) is 12.1. The van der Waals surface area contributed by atoms with Crippen LogP contribution in [0.15, 0.2) is 92.1 Å². The molecule has 132 valence electrons. The molecule has 0 aliphatic rings. The number of hydrogen-bond acceptors (Lipinski definition) is 5. The van der Waals surface area contributed by atoms with Crippen LogP contribution in [0.4, 0.5) is 5.69 Å². The Labute approximate surface area is 158 Å². The van der Waals surface area contributed by atoms with E-state index in [0.29, 0.717) is 26.4 Å². The van der Waals surface area contributed by atoms with Gasteiger partial charge >= 0.3 is 0 Å². The average molecular weight is 375 g/mol. The van der Waals surface area contributed by atoms with Crippen LogP contribution in [0, 0.1) is 4.91 Å². The average Bonchev–Trinajstić information content (AvgIpc) is 2.71. The SMILES string of the molecule is O=NN=Nc1c(Sc2ccccc2)ccc2c(O)c3ccccc3c(O)c12. The molecule has 0 aromatic heterocycles. The van der Waals surface area contributed by atoms with Gasteiger partial charge in [-0.25, -0.2) is 0 Å². The molecule has 0 amide bonds. The van der Waals surface area contributed by atoms with Crippen LogP contribution in [0.25, 0.3) is 21.5 Å². The van der Waals surface area contributed by atoms with Crippen molar-refractivity contribution in [3.8, 4) is 11.5 Å². The summed E-state index contributed by atoms with van der Waals surface area (Å²) in [5.41, 5.74) is 0.277. The summed E-state index contributed by atoms with van der Waals surface area (Å²) < 4.78 is 0. The molecule has 0 fully saturated rings. The molecule has 4 aromatic rings. The summed E-state index contributed by atoms with van der Waals surface area (Å²) in [5.74, 6) is -0.000987. The molecule has 2 N–H and O–H groups in total. The molecule has 0 aliphatic carbocycles. The van der Waals surface area contributed by atoms with Crippen molar-refractivity contribution in [3.63, 3.8) is 0 Å². The lowest BCUT2D eigenvalue weighted by atomic mass is 9.99. The van der Waals surface area contributed by atoms with E-state index in [0.717, 1.165) is 4.90 Å². The summed E-state index contributed by atoms with van der Waals surface area (Å²) in [7, 11) is 0. The molecule has 0 spiro atoms. The number of hydrogen-bond donors (Lipinski definition) is 2. The van der Waals surface area contributed by atoms with Crippen LogP contribution < -0.4 is 0 Å². The largest absolute Gasteiger partial charge is 0.507 e. The zero-order chi connectivity index (χ0) is 18.8. The van der Waals surface area contributed by atoms with Gasteiger partial charge in [0.15, 0.2) is 0 Å². The fraction of sp³-hybridized carbons (Fsp3) is 0. The van der Waals surface area contributed by atoms with E-state index in [9.17, 15) is 15.1 Å². The smallest absolute Gasteiger partial charge is 0.133 e. The molecule has 6 nitrogen and oxygen atoms in total. The van der Waals surface area contributed by atoms with Gasteiger partial charge in [0.05, 0.1) is 5.39 Å². The highest BCUT2D eigenvalue weighted by Crippen LogP contribution is 2.49. The molecule has 0 aliphatic heterocycles. The monoisotopic (exact) mass is 375 g/mol. The normalized spacial score (nSPS) is 11.4. The first-order valence-corrected chi connectivity index (χ1v) is 8.88. The Hall–Kier alpha value is -3.45. The van der Waals surface area contributed by atoms with E-state index in [1.165, 1.54) is 11.8 Å². The van der Waals surface area contributed by atoms with Gasteiger partial charge in [0.2, 0.25) is 0 Å². The van der Waals surface area contributed by atoms with Gasteiger partial charge in [-0.2, -0.15) is 0 Å². The Kier molecular flexibility index (Phi) is 4.43. The minimum absolute atomic E-state index is 0.0326. The van der Waals surface area contributed by atoms with Gasteiger partial charge in [0.25, 0.3) is 0 Å². The number of phenols is 2. The van der Waals surface area contributed by atoms with Crippen molar-refractivity contribution in [2.24, 2.45) is 15.6 Å². The van der Waals surface area contributed by atoms with Crippen molar-refractivity contribution in [3.05, 3.63) is 71.6 Å². The highest BCUT2D eigenvalue weighted by atomic mass is 32.2. The minimum Gasteiger partial charge on any atom is -0.507 e. The van der Waals surface area contributed by atoms with Crippen LogP contribution >= 0.6 is 11.8 Å². The Balaban J connectivity index is 2.05.